The predicted molar refractivity (Wildman–Crippen MR) is 84.3 cm³/mol. The number of hydrogen-bond donors (Lipinski definition) is 0. The van der Waals surface area contributed by atoms with Crippen LogP contribution in [0.4, 0.5) is 0 Å². The van der Waals surface area contributed by atoms with Crippen LogP contribution >= 0.6 is 12.0 Å². The molecule has 0 aromatic heterocycles. The third kappa shape index (κ3) is 8.42. The first-order valence-electron chi connectivity index (χ1n) is 7.95. The molecule has 2 fully saturated rings. The van der Waals surface area contributed by atoms with Crippen molar-refractivity contribution in [3.05, 3.63) is 0 Å². The van der Waals surface area contributed by atoms with Gasteiger partial charge < -0.3 is 19.5 Å². The Morgan fingerprint density at radius 1 is 0.806 bits per heavy atom. The summed E-state index contributed by atoms with van der Waals surface area (Å²) in [5.74, 6) is -14.5. The smallest absolute Gasteiger partial charge is 0.747 e. The monoisotopic (exact) mass is 576 g/mol. The second-order valence-electron chi connectivity index (χ2n) is 5.66. The van der Waals surface area contributed by atoms with Crippen molar-refractivity contribution in [1.29, 1.82) is 0 Å². The van der Waals surface area contributed by atoms with E-state index in [-0.39, 0.29) is 76.2 Å². The first-order chi connectivity index (χ1) is 15.8. The maximum Gasteiger partial charge on any atom is 1.00 e. The number of carbonyl (C=O) groups excluding carboxylic acids is 8. The number of hydroxylamine groups is 4. The first kappa shape index (κ1) is 34.3. The Kier molecular flexibility index (Phi) is 13.6. The molecule has 2 aliphatic heterocycles. The molecule has 24 heteroatoms. The summed E-state index contributed by atoms with van der Waals surface area (Å²) < 4.78 is 36.4. The van der Waals surface area contributed by atoms with Crippen molar-refractivity contribution >= 4 is 69.7 Å². The fraction of sp³-hybridized carbons (Fsp3) is 0.333. The van der Waals surface area contributed by atoms with Crippen molar-refractivity contribution in [3.8, 4) is 0 Å². The summed E-state index contributed by atoms with van der Waals surface area (Å²) in [7, 11) is -5.30. The van der Waals surface area contributed by atoms with Crippen LogP contribution in [0.15, 0.2) is 0 Å². The minimum atomic E-state index is -5.30. The van der Waals surface area contributed by atoms with Gasteiger partial charge in [0, 0.05) is 12.0 Å². The Labute approximate surface area is 246 Å². The van der Waals surface area contributed by atoms with Crippen LogP contribution in [0.5, 0.6) is 0 Å². The molecule has 0 aliphatic carbocycles. The summed E-state index contributed by atoms with van der Waals surface area (Å²) in [4.78, 5) is 108. The molecular formula is C12H6N2Na2O18S2. The zero-order chi connectivity index (χ0) is 25.8. The zero-order valence-electron chi connectivity index (χ0n) is 17.6. The van der Waals surface area contributed by atoms with Crippen molar-refractivity contribution in [3.63, 3.8) is 0 Å². The number of nitrogens with zero attached hydrogens (tertiary/aromatic N) is 2. The molecule has 2 saturated heterocycles. The summed E-state index contributed by atoms with van der Waals surface area (Å²) in [5, 5.41) is 8.18. The first-order valence-corrected chi connectivity index (χ1v) is 10.2. The largest absolute Gasteiger partial charge is 1.00 e. The van der Waals surface area contributed by atoms with Gasteiger partial charge in [-0.05, 0) is 0 Å². The van der Waals surface area contributed by atoms with Gasteiger partial charge in [0.15, 0.2) is 0 Å². The van der Waals surface area contributed by atoms with E-state index < -0.39 is 86.0 Å². The second kappa shape index (κ2) is 14.3. The number of imide groups is 2. The van der Waals surface area contributed by atoms with E-state index in [2.05, 4.69) is 28.8 Å². The van der Waals surface area contributed by atoms with Crippen LogP contribution in [0.3, 0.4) is 0 Å². The molecular weight excluding hydrogens is 570 g/mol. The molecule has 2 aliphatic rings. The molecule has 0 spiro atoms. The van der Waals surface area contributed by atoms with Crippen LogP contribution in [0.1, 0.15) is 12.8 Å². The van der Waals surface area contributed by atoms with E-state index in [0.29, 0.717) is 0 Å². The molecule has 4 amide bonds. The Morgan fingerprint density at radius 2 is 1.25 bits per heavy atom. The van der Waals surface area contributed by atoms with Gasteiger partial charge in [-0.2, -0.15) is 4.33 Å². The number of rotatable bonds is 6. The standard InChI is InChI=1S/C12H8N2O18S2.2Na/c15-5-1-3(33-32-31-23)7(17)13(5)27-9(19)11(21)29-30-12(22)10(20)28-14-6(16)2-4(8(14)18)34(24,25)26;;/h3-4,23H,1-2H2,(H,24,25,26);;/q;2*+1/p-2. The van der Waals surface area contributed by atoms with Crippen LogP contribution in [0.2, 0.25) is 0 Å². The molecule has 0 radical (unpaired) electrons. The van der Waals surface area contributed by atoms with Gasteiger partial charge in [0.2, 0.25) is 0 Å². The van der Waals surface area contributed by atoms with Crippen LogP contribution < -0.4 is 64.4 Å². The Balaban J connectivity index is 0.00000612. The van der Waals surface area contributed by atoms with E-state index in [4.69, 9.17) is 0 Å². The van der Waals surface area contributed by atoms with Gasteiger partial charge in [0.25, 0.3) is 23.6 Å². The maximum atomic E-state index is 11.8. The summed E-state index contributed by atoms with van der Waals surface area (Å²) in [6, 6.07) is 0. The van der Waals surface area contributed by atoms with Gasteiger partial charge >= 0.3 is 83.0 Å². The third-order valence-electron chi connectivity index (χ3n) is 3.53. The van der Waals surface area contributed by atoms with E-state index in [9.17, 15) is 56.6 Å². The molecule has 20 nitrogen and oxygen atoms in total. The SMILES string of the molecule is O=C(OOC(=O)C(=O)ON1C(=O)CC(S(=O)(=O)[O-])C1=O)C(=O)ON1C(=O)CC(SOO[O-])C1=O.[Na+].[Na+]. The van der Waals surface area contributed by atoms with Gasteiger partial charge in [0.05, 0.1) is 12.8 Å². The Morgan fingerprint density at radius 3 is 1.67 bits per heavy atom. The van der Waals surface area contributed by atoms with Crippen molar-refractivity contribution in [2.75, 3.05) is 0 Å². The van der Waals surface area contributed by atoms with Gasteiger partial charge in [-0.25, -0.2) is 37.4 Å². The van der Waals surface area contributed by atoms with Crippen LogP contribution in [0, 0.1) is 0 Å². The van der Waals surface area contributed by atoms with Gasteiger partial charge in [-0.15, -0.1) is 10.1 Å². The molecule has 0 aromatic rings. The minimum absolute atomic E-state index is 0. The molecule has 2 rings (SSSR count). The number of carbonyl (C=O) groups is 8. The molecule has 0 bridgehead atoms. The van der Waals surface area contributed by atoms with Gasteiger partial charge in [-0.1, -0.05) is 0 Å². The van der Waals surface area contributed by atoms with Crippen LogP contribution in [-0.4, -0.2) is 81.1 Å². The molecule has 2 unspecified atom stereocenters. The summed E-state index contributed by atoms with van der Waals surface area (Å²) in [5.41, 5.74) is 0. The molecule has 0 N–H and O–H groups in total. The van der Waals surface area contributed by atoms with Crippen LogP contribution in [-0.2, 0) is 77.3 Å². The fourth-order valence-corrected chi connectivity index (χ4v) is 3.31. The van der Waals surface area contributed by atoms with Crippen molar-refractivity contribution < 1.29 is 145 Å². The summed E-state index contributed by atoms with van der Waals surface area (Å²) >= 11 is 0.0894. The van der Waals surface area contributed by atoms with E-state index in [1.807, 2.05) is 0 Å². The summed E-state index contributed by atoms with van der Waals surface area (Å²) in [6.07, 6.45) is -1.82. The molecule has 0 aromatic carbocycles. The van der Waals surface area contributed by atoms with E-state index >= 15 is 0 Å². The Hall–Kier alpha value is -1.70. The van der Waals surface area contributed by atoms with Crippen molar-refractivity contribution in [2.45, 2.75) is 23.3 Å². The number of amides is 4. The average Bonchev–Trinajstić information content (AvgIpc) is 3.19. The van der Waals surface area contributed by atoms with Gasteiger partial charge in [0.1, 0.15) is 20.6 Å². The van der Waals surface area contributed by atoms with E-state index in [1.54, 1.807) is 0 Å². The normalized spacial score (nSPS) is 19.3. The second-order valence-corrected chi connectivity index (χ2v) is 8.11. The molecule has 36 heavy (non-hydrogen) atoms. The topological polar surface area (TPSA) is 279 Å². The van der Waals surface area contributed by atoms with E-state index in [1.165, 1.54) is 0 Å². The number of hydrogen-bond acceptors (Lipinski definition) is 19. The van der Waals surface area contributed by atoms with Crippen molar-refractivity contribution in [1.82, 2.24) is 10.1 Å². The van der Waals surface area contributed by atoms with E-state index in [0.717, 1.165) is 0 Å². The van der Waals surface area contributed by atoms with Gasteiger partial charge in [-0.3, -0.25) is 24.2 Å². The molecule has 186 valence electrons. The quantitative estimate of drug-likeness (QED) is 0.0539. The molecule has 2 heterocycles. The minimum Gasteiger partial charge on any atom is -0.747 e. The zero-order valence-corrected chi connectivity index (χ0v) is 23.3. The fourth-order valence-electron chi connectivity index (χ4n) is 2.11. The van der Waals surface area contributed by atoms with Crippen LogP contribution in [0.25, 0.3) is 0 Å². The third-order valence-corrected chi connectivity index (χ3v) is 5.33. The Bertz CT molecular complexity index is 1080. The average molecular weight is 576 g/mol. The maximum absolute atomic E-state index is 11.8. The molecule has 0 saturated carbocycles. The van der Waals surface area contributed by atoms with Crippen molar-refractivity contribution in [2.24, 2.45) is 0 Å². The summed E-state index contributed by atoms with van der Waals surface area (Å²) in [6.45, 7) is 0. The molecule has 2 atom stereocenters. The predicted octanol–water partition coefficient (Wildman–Crippen LogP) is -11.4.